The highest BCUT2D eigenvalue weighted by Crippen LogP contribution is 2.10. The van der Waals surface area contributed by atoms with Crippen molar-refractivity contribution in [2.75, 3.05) is 32.5 Å². The Morgan fingerprint density at radius 3 is 2.79 bits per heavy atom. The van der Waals surface area contributed by atoms with Gasteiger partial charge in [-0.25, -0.2) is 8.42 Å². The van der Waals surface area contributed by atoms with Crippen molar-refractivity contribution in [3.63, 3.8) is 0 Å². The van der Waals surface area contributed by atoms with Crippen LogP contribution >= 0.6 is 0 Å². The topological polar surface area (TPSA) is 58.6 Å². The van der Waals surface area contributed by atoms with Crippen LogP contribution in [0.4, 0.5) is 0 Å². The van der Waals surface area contributed by atoms with E-state index in [1.807, 2.05) is 30.3 Å². The van der Waals surface area contributed by atoms with Gasteiger partial charge in [-0.1, -0.05) is 30.3 Å². The average Bonchev–Trinajstić information content (AvgIpc) is 2.39. The zero-order valence-corrected chi connectivity index (χ0v) is 11.9. The molecule has 0 radical (unpaired) electrons. The molecule has 2 rings (SSSR count). The van der Waals surface area contributed by atoms with Crippen molar-refractivity contribution < 1.29 is 13.2 Å². The van der Waals surface area contributed by atoms with Gasteiger partial charge in [0.2, 0.25) is 10.0 Å². The maximum atomic E-state index is 11.7. The second-order valence-corrected chi connectivity index (χ2v) is 6.67. The van der Waals surface area contributed by atoms with E-state index in [1.165, 1.54) is 10.6 Å². The molecule has 106 valence electrons. The molecule has 19 heavy (non-hydrogen) atoms. The van der Waals surface area contributed by atoms with Crippen LogP contribution in [0, 0.1) is 0 Å². The summed E-state index contributed by atoms with van der Waals surface area (Å²) in [7, 11) is -3.16. The molecule has 1 unspecified atom stereocenters. The van der Waals surface area contributed by atoms with Gasteiger partial charge in [0.05, 0.1) is 25.5 Å². The van der Waals surface area contributed by atoms with Crippen molar-refractivity contribution in [1.82, 2.24) is 9.62 Å². The van der Waals surface area contributed by atoms with Crippen molar-refractivity contribution in [2.24, 2.45) is 0 Å². The van der Waals surface area contributed by atoms with Gasteiger partial charge >= 0.3 is 0 Å². The SMILES string of the molecule is CS(=O)(=O)N1CCNCC1COCc1ccccc1. The Morgan fingerprint density at radius 2 is 2.11 bits per heavy atom. The average molecular weight is 284 g/mol. The van der Waals surface area contributed by atoms with Crippen LogP contribution in [-0.4, -0.2) is 51.3 Å². The third-order valence-electron chi connectivity index (χ3n) is 3.14. The van der Waals surface area contributed by atoms with Gasteiger partial charge in [-0.15, -0.1) is 0 Å². The van der Waals surface area contributed by atoms with Crippen molar-refractivity contribution in [1.29, 1.82) is 0 Å². The molecule has 1 aliphatic heterocycles. The fraction of sp³-hybridized carbons (Fsp3) is 0.538. The van der Waals surface area contributed by atoms with Gasteiger partial charge in [0.25, 0.3) is 0 Å². The first-order valence-corrected chi connectivity index (χ1v) is 8.21. The van der Waals surface area contributed by atoms with Gasteiger partial charge in [-0.05, 0) is 5.56 Å². The first kappa shape index (κ1) is 14.5. The molecule has 1 fully saturated rings. The van der Waals surface area contributed by atoms with E-state index in [9.17, 15) is 8.42 Å². The van der Waals surface area contributed by atoms with Gasteiger partial charge < -0.3 is 10.1 Å². The number of hydrogen-bond donors (Lipinski definition) is 1. The van der Waals surface area contributed by atoms with E-state index in [0.717, 1.165) is 5.56 Å². The quantitative estimate of drug-likeness (QED) is 0.852. The lowest BCUT2D eigenvalue weighted by Gasteiger charge is -2.33. The van der Waals surface area contributed by atoms with Crippen LogP contribution in [0.2, 0.25) is 0 Å². The highest BCUT2D eigenvalue weighted by Gasteiger charge is 2.29. The molecule has 0 spiro atoms. The van der Waals surface area contributed by atoms with E-state index >= 15 is 0 Å². The first-order valence-electron chi connectivity index (χ1n) is 6.36. The molecule has 1 heterocycles. The van der Waals surface area contributed by atoms with Crippen LogP contribution in [0.15, 0.2) is 30.3 Å². The fourth-order valence-corrected chi connectivity index (χ4v) is 3.31. The molecule has 1 atom stereocenters. The summed E-state index contributed by atoms with van der Waals surface area (Å²) in [6, 6.07) is 9.75. The summed E-state index contributed by atoms with van der Waals surface area (Å²) in [5, 5.41) is 3.20. The summed E-state index contributed by atoms with van der Waals surface area (Å²) >= 11 is 0. The maximum absolute atomic E-state index is 11.7. The Bertz CT molecular complexity index is 490. The number of rotatable bonds is 5. The molecule has 6 heteroatoms. The molecule has 0 aliphatic carbocycles. The lowest BCUT2D eigenvalue weighted by molar-refractivity contribution is 0.0698. The molecule has 0 amide bonds. The Kier molecular flexibility index (Phi) is 4.93. The monoisotopic (exact) mass is 284 g/mol. The Morgan fingerprint density at radius 1 is 1.37 bits per heavy atom. The molecule has 0 bridgehead atoms. The number of nitrogens with zero attached hydrogens (tertiary/aromatic N) is 1. The summed E-state index contributed by atoms with van der Waals surface area (Å²) < 4.78 is 30.5. The summed E-state index contributed by atoms with van der Waals surface area (Å²) in [6.45, 7) is 2.77. The third-order valence-corrected chi connectivity index (χ3v) is 4.48. The maximum Gasteiger partial charge on any atom is 0.211 e. The van der Waals surface area contributed by atoms with Gasteiger partial charge in [-0.3, -0.25) is 0 Å². The standard InChI is InChI=1S/C13H20N2O3S/c1-19(16,17)15-8-7-14-9-13(15)11-18-10-12-5-3-2-4-6-12/h2-6,13-14H,7-11H2,1H3. The van der Waals surface area contributed by atoms with E-state index in [0.29, 0.717) is 32.8 Å². The highest BCUT2D eigenvalue weighted by molar-refractivity contribution is 7.88. The van der Waals surface area contributed by atoms with Gasteiger partial charge in [-0.2, -0.15) is 4.31 Å². The fourth-order valence-electron chi connectivity index (χ4n) is 2.21. The molecule has 1 aliphatic rings. The van der Waals surface area contributed by atoms with Crippen LogP contribution in [0.3, 0.4) is 0 Å². The van der Waals surface area contributed by atoms with Crippen LogP contribution < -0.4 is 5.32 Å². The molecular weight excluding hydrogens is 264 g/mol. The largest absolute Gasteiger partial charge is 0.375 e. The Hall–Kier alpha value is -0.950. The summed E-state index contributed by atoms with van der Waals surface area (Å²) in [5.41, 5.74) is 1.09. The molecule has 0 saturated carbocycles. The minimum absolute atomic E-state index is 0.118. The van der Waals surface area contributed by atoms with Gasteiger partial charge in [0, 0.05) is 19.6 Å². The van der Waals surface area contributed by atoms with Crippen molar-refractivity contribution >= 4 is 10.0 Å². The summed E-state index contributed by atoms with van der Waals surface area (Å²) in [5.74, 6) is 0. The van der Waals surface area contributed by atoms with Crippen molar-refractivity contribution in [2.45, 2.75) is 12.6 Å². The summed E-state index contributed by atoms with van der Waals surface area (Å²) in [4.78, 5) is 0. The minimum atomic E-state index is -3.16. The molecule has 1 aromatic rings. The molecule has 0 aromatic heterocycles. The van der Waals surface area contributed by atoms with E-state index < -0.39 is 10.0 Å². The Labute approximate surface area is 114 Å². The lowest BCUT2D eigenvalue weighted by atomic mass is 10.2. The second kappa shape index (κ2) is 6.47. The number of nitrogens with one attached hydrogen (secondary N) is 1. The van der Waals surface area contributed by atoms with Crippen LogP contribution in [0.5, 0.6) is 0 Å². The number of hydrogen-bond acceptors (Lipinski definition) is 4. The van der Waals surface area contributed by atoms with Crippen LogP contribution in [0.25, 0.3) is 0 Å². The highest BCUT2D eigenvalue weighted by atomic mass is 32.2. The van der Waals surface area contributed by atoms with E-state index in [-0.39, 0.29) is 6.04 Å². The smallest absolute Gasteiger partial charge is 0.211 e. The first-order chi connectivity index (χ1) is 9.07. The van der Waals surface area contributed by atoms with Crippen LogP contribution in [0.1, 0.15) is 5.56 Å². The number of benzene rings is 1. The molecule has 1 saturated heterocycles. The molecular formula is C13H20N2O3S. The van der Waals surface area contributed by atoms with E-state index in [1.54, 1.807) is 0 Å². The van der Waals surface area contributed by atoms with Crippen molar-refractivity contribution in [3.8, 4) is 0 Å². The molecule has 1 N–H and O–H groups in total. The molecule has 1 aromatic carbocycles. The third kappa shape index (κ3) is 4.28. The normalized spacial score (nSPS) is 21.4. The van der Waals surface area contributed by atoms with E-state index in [4.69, 9.17) is 4.74 Å². The van der Waals surface area contributed by atoms with Gasteiger partial charge in [0.1, 0.15) is 0 Å². The van der Waals surface area contributed by atoms with E-state index in [2.05, 4.69) is 5.32 Å². The number of piperazine rings is 1. The second-order valence-electron chi connectivity index (χ2n) is 4.73. The van der Waals surface area contributed by atoms with Gasteiger partial charge in [0.15, 0.2) is 0 Å². The predicted octanol–water partition coefficient (Wildman–Crippen LogP) is 0.437. The van der Waals surface area contributed by atoms with Crippen molar-refractivity contribution in [3.05, 3.63) is 35.9 Å². The minimum Gasteiger partial charge on any atom is -0.375 e. The van der Waals surface area contributed by atoms with Crippen LogP contribution in [-0.2, 0) is 21.4 Å². The zero-order valence-electron chi connectivity index (χ0n) is 11.1. The predicted molar refractivity (Wildman–Crippen MR) is 74.3 cm³/mol. The number of sulfonamides is 1. The Balaban J connectivity index is 1.87. The zero-order chi connectivity index (χ0) is 13.7. The summed E-state index contributed by atoms with van der Waals surface area (Å²) in [6.07, 6.45) is 1.25. The molecule has 5 nitrogen and oxygen atoms in total. The number of ether oxygens (including phenoxy) is 1. The lowest BCUT2D eigenvalue weighted by Crippen LogP contribution is -2.55.